The molecule has 2 amide bonds. The normalized spacial score (nSPS) is 17.3. The Balaban J connectivity index is 1.74. The molecule has 2 aromatic rings. The summed E-state index contributed by atoms with van der Waals surface area (Å²) >= 11 is 6.03. The van der Waals surface area contributed by atoms with Crippen LogP contribution in [0.15, 0.2) is 36.5 Å². The molecule has 1 aliphatic heterocycles. The lowest BCUT2D eigenvalue weighted by Crippen LogP contribution is -2.39. The minimum absolute atomic E-state index is 0.115. The zero-order valence-electron chi connectivity index (χ0n) is 12.7. The van der Waals surface area contributed by atoms with E-state index < -0.39 is 11.8 Å². The van der Waals surface area contributed by atoms with E-state index >= 15 is 0 Å². The molecule has 0 aliphatic carbocycles. The quantitative estimate of drug-likeness (QED) is 0.859. The molecule has 0 saturated carbocycles. The van der Waals surface area contributed by atoms with Gasteiger partial charge in [0.1, 0.15) is 0 Å². The second-order valence-corrected chi connectivity index (χ2v) is 5.98. The Labute approximate surface area is 139 Å². The predicted octanol–water partition coefficient (Wildman–Crippen LogP) is 2.38. The number of aryl methyl sites for hydroxylation is 1. The molecule has 1 aliphatic rings. The number of benzene rings is 1. The van der Waals surface area contributed by atoms with E-state index in [-0.39, 0.29) is 6.04 Å². The summed E-state index contributed by atoms with van der Waals surface area (Å²) in [6.45, 7) is 0.561. The smallest absolute Gasteiger partial charge is 0.315 e. The lowest BCUT2D eigenvalue weighted by molar-refractivity contribution is -0.143. The number of hydrogen-bond donors (Lipinski definition) is 1. The molecule has 1 N–H and O–H groups in total. The van der Waals surface area contributed by atoms with Crippen LogP contribution in [0.5, 0.6) is 0 Å². The molecule has 7 heteroatoms. The highest BCUT2D eigenvalue weighted by Crippen LogP contribution is 2.33. The molecule has 1 aromatic carbocycles. The summed E-state index contributed by atoms with van der Waals surface area (Å²) in [5, 5.41) is 7.20. The Kier molecular flexibility index (Phi) is 4.34. The summed E-state index contributed by atoms with van der Waals surface area (Å²) in [6, 6.07) is 8.94. The molecule has 1 saturated heterocycles. The highest BCUT2D eigenvalue weighted by atomic mass is 35.5. The molecular formula is C16H17ClN4O2. The predicted molar refractivity (Wildman–Crippen MR) is 87.0 cm³/mol. The van der Waals surface area contributed by atoms with Gasteiger partial charge in [-0.15, -0.1) is 0 Å². The molecule has 1 unspecified atom stereocenters. The largest absolute Gasteiger partial charge is 0.327 e. The second-order valence-electron chi connectivity index (χ2n) is 5.54. The fourth-order valence-corrected chi connectivity index (χ4v) is 3.05. The van der Waals surface area contributed by atoms with Crippen LogP contribution in [0.3, 0.4) is 0 Å². The van der Waals surface area contributed by atoms with Crippen molar-refractivity contribution in [2.45, 2.75) is 18.9 Å². The maximum atomic E-state index is 12.5. The van der Waals surface area contributed by atoms with Gasteiger partial charge in [0.15, 0.2) is 5.82 Å². The minimum Gasteiger partial charge on any atom is -0.327 e. The number of halogens is 1. The third-order valence-electron chi connectivity index (χ3n) is 3.90. The fraction of sp³-hybridized carbons (Fsp3) is 0.312. The summed E-state index contributed by atoms with van der Waals surface area (Å²) in [5.74, 6) is -0.847. The van der Waals surface area contributed by atoms with Crippen LogP contribution in [0.4, 0.5) is 5.82 Å². The van der Waals surface area contributed by atoms with Crippen LogP contribution in [0.25, 0.3) is 0 Å². The lowest BCUT2D eigenvalue weighted by atomic mass is 10.0. The summed E-state index contributed by atoms with van der Waals surface area (Å²) in [6.07, 6.45) is 3.38. The van der Waals surface area contributed by atoms with Crippen molar-refractivity contribution < 1.29 is 9.59 Å². The van der Waals surface area contributed by atoms with Gasteiger partial charge in [0.05, 0.1) is 6.04 Å². The van der Waals surface area contributed by atoms with Crippen molar-refractivity contribution in [3.05, 3.63) is 47.1 Å². The first-order valence-corrected chi connectivity index (χ1v) is 7.79. The van der Waals surface area contributed by atoms with Crippen molar-refractivity contribution in [3.8, 4) is 0 Å². The van der Waals surface area contributed by atoms with Crippen LogP contribution in [0.2, 0.25) is 5.02 Å². The number of anilines is 1. The number of nitrogens with one attached hydrogen (secondary N) is 1. The second kappa shape index (κ2) is 6.42. The van der Waals surface area contributed by atoms with Gasteiger partial charge in [0.25, 0.3) is 0 Å². The van der Waals surface area contributed by atoms with Gasteiger partial charge in [-0.05, 0) is 30.5 Å². The molecular weight excluding hydrogens is 316 g/mol. The molecule has 0 radical (unpaired) electrons. The molecule has 6 nitrogen and oxygen atoms in total. The summed E-state index contributed by atoms with van der Waals surface area (Å²) < 4.78 is 1.56. The maximum Gasteiger partial charge on any atom is 0.315 e. The highest BCUT2D eigenvalue weighted by Gasteiger charge is 2.33. The van der Waals surface area contributed by atoms with E-state index in [0.29, 0.717) is 17.4 Å². The summed E-state index contributed by atoms with van der Waals surface area (Å²) in [4.78, 5) is 26.2. The van der Waals surface area contributed by atoms with Gasteiger partial charge < -0.3 is 10.2 Å². The van der Waals surface area contributed by atoms with Gasteiger partial charge >= 0.3 is 11.8 Å². The monoisotopic (exact) mass is 332 g/mol. The van der Waals surface area contributed by atoms with Crippen molar-refractivity contribution in [1.29, 1.82) is 0 Å². The number of amides is 2. The van der Waals surface area contributed by atoms with Gasteiger partial charge in [-0.3, -0.25) is 14.3 Å². The number of carbonyl (C=O) groups is 2. The molecule has 1 aromatic heterocycles. The van der Waals surface area contributed by atoms with E-state index in [1.165, 1.54) is 0 Å². The number of likely N-dealkylation sites (tertiary alicyclic amines) is 1. The topological polar surface area (TPSA) is 67.2 Å². The van der Waals surface area contributed by atoms with Crippen molar-refractivity contribution in [3.63, 3.8) is 0 Å². The van der Waals surface area contributed by atoms with Crippen LogP contribution >= 0.6 is 11.6 Å². The summed E-state index contributed by atoms with van der Waals surface area (Å²) in [7, 11) is 1.74. The third-order valence-corrected chi connectivity index (χ3v) is 4.13. The number of rotatable bonds is 2. The number of hydrogen-bond acceptors (Lipinski definition) is 3. The van der Waals surface area contributed by atoms with Crippen molar-refractivity contribution in [2.24, 2.45) is 7.05 Å². The average Bonchev–Trinajstić information content (AvgIpc) is 3.15. The summed E-state index contributed by atoms with van der Waals surface area (Å²) in [5.41, 5.74) is 0.953. The number of nitrogens with zero attached hydrogens (tertiary/aromatic N) is 3. The van der Waals surface area contributed by atoms with E-state index in [9.17, 15) is 9.59 Å². The first-order valence-electron chi connectivity index (χ1n) is 7.41. The number of carbonyl (C=O) groups excluding carboxylic acids is 2. The Bertz CT molecular complexity index is 743. The first-order chi connectivity index (χ1) is 11.0. The highest BCUT2D eigenvalue weighted by molar-refractivity contribution is 6.39. The fourth-order valence-electron chi connectivity index (χ4n) is 2.85. The average molecular weight is 333 g/mol. The Morgan fingerprint density at radius 3 is 2.87 bits per heavy atom. The van der Waals surface area contributed by atoms with Crippen molar-refractivity contribution >= 4 is 29.2 Å². The number of aromatic nitrogens is 2. The molecule has 2 heterocycles. The van der Waals surface area contributed by atoms with Crippen LogP contribution in [-0.4, -0.2) is 33.0 Å². The van der Waals surface area contributed by atoms with Crippen LogP contribution in [0.1, 0.15) is 24.4 Å². The van der Waals surface area contributed by atoms with Crippen LogP contribution in [-0.2, 0) is 16.6 Å². The lowest BCUT2D eigenvalue weighted by Gasteiger charge is -2.24. The molecule has 3 rings (SSSR count). The van der Waals surface area contributed by atoms with Gasteiger partial charge in [-0.25, -0.2) is 0 Å². The van der Waals surface area contributed by atoms with E-state index in [1.54, 1.807) is 35.0 Å². The van der Waals surface area contributed by atoms with Gasteiger partial charge in [-0.1, -0.05) is 23.7 Å². The van der Waals surface area contributed by atoms with Gasteiger partial charge in [-0.2, -0.15) is 5.10 Å². The van der Waals surface area contributed by atoms with Crippen molar-refractivity contribution in [1.82, 2.24) is 14.7 Å². The molecule has 1 fully saturated rings. The molecule has 23 heavy (non-hydrogen) atoms. The van der Waals surface area contributed by atoms with E-state index in [0.717, 1.165) is 18.4 Å². The van der Waals surface area contributed by atoms with Gasteiger partial charge in [0, 0.05) is 30.9 Å². The Hall–Kier alpha value is -2.34. The Morgan fingerprint density at radius 2 is 2.17 bits per heavy atom. The zero-order chi connectivity index (χ0) is 16.4. The SMILES string of the molecule is Cn1ccc(NC(=O)C(=O)N2CCCC2c2cccc(Cl)c2)n1. The molecule has 0 bridgehead atoms. The molecule has 0 spiro atoms. The van der Waals surface area contributed by atoms with E-state index in [2.05, 4.69) is 10.4 Å². The first kappa shape index (κ1) is 15.6. The third kappa shape index (κ3) is 3.37. The Morgan fingerprint density at radius 1 is 1.35 bits per heavy atom. The van der Waals surface area contributed by atoms with Crippen LogP contribution in [0, 0.1) is 0 Å². The van der Waals surface area contributed by atoms with Crippen LogP contribution < -0.4 is 5.32 Å². The zero-order valence-corrected chi connectivity index (χ0v) is 13.5. The van der Waals surface area contributed by atoms with Gasteiger partial charge in [0.2, 0.25) is 0 Å². The maximum absolute atomic E-state index is 12.5. The van der Waals surface area contributed by atoms with Crippen molar-refractivity contribution in [2.75, 3.05) is 11.9 Å². The van der Waals surface area contributed by atoms with E-state index in [4.69, 9.17) is 11.6 Å². The molecule has 1 atom stereocenters. The minimum atomic E-state index is -0.669. The standard InChI is InChI=1S/C16H17ClN4O2/c1-20-9-7-14(19-20)18-15(22)16(23)21-8-3-6-13(21)11-4-2-5-12(17)10-11/h2,4-5,7,9-10,13H,3,6,8H2,1H3,(H,18,19,22). The van der Waals surface area contributed by atoms with E-state index in [1.807, 2.05) is 18.2 Å². The molecule has 120 valence electrons.